The van der Waals surface area contributed by atoms with Crippen LogP contribution in [-0.2, 0) is 6.18 Å². The van der Waals surface area contributed by atoms with Gasteiger partial charge in [0.15, 0.2) is 0 Å². The summed E-state index contributed by atoms with van der Waals surface area (Å²) < 4.78 is 39.7. The molecule has 2 aliphatic rings. The molecular weight excluding hydrogens is 347 g/mol. The van der Waals surface area contributed by atoms with Crippen molar-refractivity contribution in [2.45, 2.75) is 25.4 Å². The van der Waals surface area contributed by atoms with Gasteiger partial charge in [-0.15, -0.1) is 0 Å². The fraction of sp³-hybridized carbons (Fsp3) is 0.533. The lowest BCUT2D eigenvalue weighted by molar-refractivity contribution is -0.138. The van der Waals surface area contributed by atoms with Gasteiger partial charge in [-0.2, -0.15) is 13.2 Å². The molecule has 6 heteroatoms. The molecule has 0 bridgehead atoms. The fourth-order valence-corrected chi connectivity index (χ4v) is 3.87. The van der Waals surface area contributed by atoms with Crippen LogP contribution >= 0.6 is 15.9 Å². The molecule has 2 fully saturated rings. The van der Waals surface area contributed by atoms with Crippen molar-refractivity contribution in [2.75, 3.05) is 13.1 Å². The normalized spacial score (nSPS) is 25.2. The van der Waals surface area contributed by atoms with Gasteiger partial charge in [0.1, 0.15) is 0 Å². The standard InChI is InChI=1S/C15H15BrF3NO/c16-11-4-5-12(13(6-11)15(17,18)19)14(21)20-7-9-2-1-3-10(9)8-20/h4-6,9-10H,1-3,7-8H2. The van der Waals surface area contributed by atoms with E-state index in [2.05, 4.69) is 15.9 Å². The molecule has 21 heavy (non-hydrogen) atoms. The summed E-state index contributed by atoms with van der Waals surface area (Å²) in [4.78, 5) is 14.1. The topological polar surface area (TPSA) is 20.3 Å². The van der Waals surface area contributed by atoms with Gasteiger partial charge in [0.25, 0.3) is 5.91 Å². The van der Waals surface area contributed by atoms with Crippen molar-refractivity contribution in [3.8, 4) is 0 Å². The molecule has 0 spiro atoms. The second kappa shape index (κ2) is 5.30. The molecule has 1 aliphatic carbocycles. The van der Waals surface area contributed by atoms with E-state index in [-0.39, 0.29) is 5.56 Å². The molecule has 2 unspecified atom stereocenters. The van der Waals surface area contributed by atoms with E-state index < -0.39 is 17.6 Å². The number of likely N-dealkylation sites (tertiary alicyclic amines) is 1. The average Bonchev–Trinajstić information content (AvgIpc) is 2.97. The summed E-state index contributed by atoms with van der Waals surface area (Å²) in [6, 6.07) is 3.73. The van der Waals surface area contributed by atoms with Crippen LogP contribution in [0, 0.1) is 11.8 Å². The van der Waals surface area contributed by atoms with Gasteiger partial charge < -0.3 is 4.90 Å². The Morgan fingerprint density at radius 1 is 1.19 bits per heavy atom. The molecule has 0 N–H and O–H groups in total. The molecule has 1 saturated carbocycles. The van der Waals surface area contributed by atoms with Crippen molar-refractivity contribution in [3.63, 3.8) is 0 Å². The molecule has 1 aromatic rings. The number of rotatable bonds is 1. The van der Waals surface area contributed by atoms with Gasteiger partial charge in [0, 0.05) is 17.6 Å². The molecule has 1 aromatic carbocycles. The number of hydrogen-bond acceptors (Lipinski definition) is 1. The van der Waals surface area contributed by atoms with Gasteiger partial charge in [-0.3, -0.25) is 4.79 Å². The molecular formula is C15H15BrF3NO. The van der Waals surface area contributed by atoms with Gasteiger partial charge >= 0.3 is 6.18 Å². The Kier molecular flexibility index (Phi) is 3.76. The first kappa shape index (κ1) is 14.9. The number of halogens is 4. The number of benzene rings is 1. The van der Waals surface area contributed by atoms with Crippen molar-refractivity contribution in [1.82, 2.24) is 4.90 Å². The van der Waals surface area contributed by atoms with Crippen LogP contribution in [0.1, 0.15) is 35.2 Å². The van der Waals surface area contributed by atoms with Gasteiger partial charge in [0.2, 0.25) is 0 Å². The quantitative estimate of drug-likeness (QED) is 0.728. The van der Waals surface area contributed by atoms with Gasteiger partial charge in [-0.05, 0) is 42.9 Å². The van der Waals surface area contributed by atoms with Crippen LogP contribution < -0.4 is 0 Å². The highest BCUT2D eigenvalue weighted by atomic mass is 79.9. The van der Waals surface area contributed by atoms with E-state index in [1.807, 2.05) is 0 Å². The maximum absolute atomic E-state index is 13.1. The van der Waals surface area contributed by atoms with E-state index in [0.717, 1.165) is 18.9 Å². The van der Waals surface area contributed by atoms with Crippen LogP contribution in [0.2, 0.25) is 0 Å². The second-order valence-electron chi connectivity index (χ2n) is 5.85. The highest BCUT2D eigenvalue weighted by Crippen LogP contribution is 2.39. The molecule has 1 aliphatic heterocycles. The Bertz CT molecular complexity index is 561. The van der Waals surface area contributed by atoms with Crippen LogP contribution in [0.15, 0.2) is 22.7 Å². The Hall–Kier alpha value is -1.04. The summed E-state index contributed by atoms with van der Waals surface area (Å²) in [6.45, 7) is 1.19. The zero-order valence-corrected chi connectivity index (χ0v) is 12.9. The average molecular weight is 362 g/mol. The molecule has 2 nitrogen and oxygen atoms in total. The van der Waals surface area contributed by atoms with E-state index in [9.17, 15) is 18.0 Å². The first-order valence-corrected chi connectivity index (χ1v) is 7.81. The van der Waals surface area contributed by atoms with Gasteiger partial charge in [-0.1, -0.05) is 22.4 Å². The van der Waals surface area contributed by atoms with Crippen LogP contribution in [0.25, 0.3) is 0 Å². The summed E-state index contributed by atoms with van der Waals surface area (Å²) >= 11 is 3.04. The van der Waals surface area contributed by atoms with Crippen LogP contribution in [0.5, 0.6) is 0 Å². The number of nitrogens with zero attached hydrogens (tertiary/aromatic N) is 1. The Balaban J connectivity index is 1.88. The third-order valence-corrected chi connectivity index (χ3v) is 5.02. The van der Waals surface area contributed by atoms with E-state index in [0.29, 0.717) is 29.4 Å². The van der Waals surface area contributed by atoms with E-state index in [1.54, 1.807) is 4.90 Å². The first-order chi connectivity index (χ1) is 9.86. The molecule has 0 radical (unpaired) electrons. The predicted octanol–water partition coefficient (Wildman–Crippen LogP) is 4.34. The van der Waals surface area contributed by atoms with Crippen molar-refractivity contribution in [2.24, 2.45) is 11.8 Å². The third-order valence-electron chi connectivity index (χ3n) is 4.53. The number of hydrogen-bond donors (Lipinski definition) is 0. The molecule has 114 valence electrons. The minimum atomic E-state index is -4.52. The number of carbonyl (C=O) groups is 1. The second-order valence-corrected chi connectivity index (χ2v) is 6.76. The molecule has 2 atom stereocenters. The summed E-state index contributed by atoms with van der Waals surface area (Å²) in [6.07, 6.45) is -1.18. The van der Waals surface area contributed by atoms with Crippen LogP contribution in [0.3, 0.4) is 0 Å². The maximum atomic E-state index is 13.1. The van der Waals surface area contributed by atoms with Gasteiger partial charge in [-0.25, -0.2) is 0 Å². The lowest BCUT2D eigenvalue weighted by atomic mass is 10.0. The number of carbonyl (C=O) groups excluding carboxylic acids is 1. The van der Waals surface area contributed by atoms with Crippen molar-refractivity contribution >= 4 is 21.8 Å². The predicted molar refractivity (Wildman–Crippen MR) is 75.9 cm³/mol. The zero-order valence-electron chi connectivity index (χ0n) is 11.3. The zero-order chi connectivity index (χ0) is 15.2. The monoisotopic (exact) mass is 361 g/mol. The third kappa shape index (κ3) is 2.82. The highest BCUT2D eigenvalue weighted by molar-refractivity contribution is 9.10. The summed E-state index contributed by atoms with van der Waals surface area (Å²) in [5, 5.41) is 0. The number of alkyl halides is 3. The molecule has 1 heterocycles. The van der Waals surface area contributed by atoms with Crippen molar-refractivity contribution in [1.29, 1.82) is 0 Å². The SMILES string of the molecule is O=C(c1ccc(Br)cc1C(F)(F)F)N1CC2CCCC2C1. The molecule has 1 saturated heterocycles. The highest BCUT2D eigenvalue weighted by Gasteiger charge is 2.41. The largest absolute Gasteiger partial charge is 0.417 e. The minimum Gasteiger partial charge on any atom is -0.338 e. The number of fused-ring (bicyclic) bond motifs is 1. The lowest BCUT2D eigenvalue weighted by Gasteiger charge is -2.20. The minimum absolute atomic E-state index is 0.245. The van der Waals surface area contributed by atoms with Crippen LogP contribution in [-0.4, -0.2) is 23.9 Å². The fourth-order valence-electron chi connectivity index (χ4n) is 3.51. The van der Waals surface area contributed by atoms with Crippen LogP contribution in [0.4, 0.5) is 13.2 Å². The maximum Gasteiger partial charge on any atom is 0.417 e. The summed E-state index contributed by atoms with van der Waals surface area (Å²) in [5.41, 5.74) is -1.11. The molecule has 3 rings (SSSR count). The summed E-state index contributed by atoms with van der Waals surface area (Å²) in [5.74, 6) is 0.446. The van der Waals surface area contributed by atoms with Crippen molar-refractivity contribution in [3.05, 3.63) is 33.8 Å². The van der Waals surface area contributed by atoms with Crippen molar-refractivity contribution < 1.29 is 18.0 Å². The van der Waals surface area contributed by atoms with E-state index in [4.69, 9.17) is 0 Å². The van der Waals surface area contributed by atoms with Gasteiger partial charge in [0.05, 0.1) is 11.1 Å². The Morgan fingerprint density at radius 2 is 1.81 bits per heavy atom. The first-order valence-electron chi connectivity index (χ1n) is 7.02. The lowest BCUT2D eigenvalue weighted by Crippen LogP contribution is -2.31. The molecule has 0 aromatic heterocycles. The van der Waals surface area contributed by atoms with E-state index in [1.165, 1.54) is 18.6 Å². The number of amides is 1. The summed E-state index contributed by atoms with van der Waals surface area (Å²) in [7, 11) is 0. The Morgan fingerprint density at radius 3 is 2.38 bits per heavy atom. The Labute approximate surface area is 129 Å². The smallest absolute Gasteiger partial charge is 0.338 e. The molecule has 1 amide bonds. The van der Waals surface area contributed by atoms with E-state index >= 15 is 0 Å².